The van der Waals surface area contributed by atoms with E-state index in [1.807, 2.05) is 0 Å². The van der Waals surface area contributed by atoms with Crippen LogP contribution in [-0.4, -0.2) is 30.0 Å². The number of Topliss-reactive ketones (excluding diaryl/α,β-unsaturated/α-hetero) is 1. The van der Waals surface area contributed by atoms with E-state index in [2.05, 4.69) is 4.98 Å². The smallest absolute Gasteiger partial charge is 0.339 e. The number of ether oxygens (including phenoxy) is 2. The second-order valence-electron chi connectivity index (χ2n) is 5.65. The van der Waals surface area contributed by atoms with E-state index < -0.39 is 12.1 Å². The SMILES string of the molecule is COc1ccc(C(=O)[C@@H](C)OC(=O)c2cc(Cl)nc3ccccc23)cc1. The number of methoxy groups -OCH3 is 1. The van der Waals surface area contributed by atoms with Crippen molar-refractivity contribution in [3.63, 3.8) is 0 Å². The van der Waals surface area contributed by atoms with Crippen LogP contribution >= 0.6 is 11.6 Å². The summed E-state index contributed by atoms with van der Waals surface area (Å²) in [5, 5.41) is 0.802. The number of hydrogen-bond donors (Lipinski definition) is 0. The Balaban J connectivity index is 1.82. The van der Waals surface area contributed by atoms with Crippen molar-refractivity contribution in [1.29, 1.82) is 0 Å². The molecule has 0 bridgehead atoms. The number of rotatable bonds is 5. The van der Waals surface area contributed by atoms with Crippen LogP contribution in [0.4, 0.5) is 0 Å². The van der Waals surface area contributed by atoms with E-state index >= 15 is 0 Å². The summed E-state index contributed by atoms with van der Waals surface area (Å²) in [5.41, 5.74) is 1.29. The van der Waals surface area contributed by atoms with Crippen molar-refractivity contribution < 1.29 is 19.1 Å². The number of hydrogen-bond acceptors (Lipinski definition) is 5. The number of carbonyl (C=O) groups is 2. The predicted octanol–water partition coefficient (Wildman–Crippen LogP) is 4.33. The third-order valence-electron chi connectivity index (χ3n) is 3.93. The van der Waals surface area contributed by atoms with E-state index in [9.17, 15) is 9.59 Å². The van der Waals surface area contributed by atoms with Crippen LogP contribution in [0.3, 0.4) is 0 Å². The minimum atomic E-state index is -0.943. The zero-order valence-corrected chi connectivity index (χ0v) is 15.0. The molecule has 3 aromatic rings. The largest absolute Gasteiger partial charge is 0.497 e. The molecule has 1 heterocycles. The summed E-state index contributed by atoms with van der Waals surface area (Å²) in [6.45, 7) is 1.54. The first-order valence-electron chi connectivity index (χ1n) is 7.94. The number of halogens is 1. The van der Waals surface area contributed by atoms with E-state index in [0.717, 1.165) is 0 Å². The van der Waals surface area contributed by atoms with Crippen LogP contribution in [0.1, 0.15) is 27.6 Å². The van der Waals surface area contributed by atoms with Gasteiger partial charge in [0.05, 0.1) is 18.2 Å². The highest BCUT2D eigenvalue weighted by Gasteiger charge is 2.22. The molecule has 0 saturated heterocycles. The van der Waals surface area contributed by atoms with Gasteiger partial charge in [-0.05, 0) is 43.3 Å². The average Bonchev–Trinajstić information content (AvgIpc) is 2.66. The molecule has 1 atom stereocenters. The van der Waals surface area contributed by atoms with Gasteiger partial charge in [-0.1, -0.05) is 29.8 Å². The standard InChI is InChI=1S/C20H16ClNO4/c1-12(19(23)13-7-9-14(25-2)10-8-13)26-20(24)16-11-18(21)22-17-6-4-3-5-15(16)17/h3-12H,1-2H3/t12-/m1/s1. The maximum absolute atomic E-state index is 12.6. The Labute approximate surface area is 155 Å². The number of pyridine rings is 1. The van der Waals surface area contributed by atoms with Crippen LogP contribution in [-0.2, 0) is 4.74 Å². The highest BCUT2D eigenvalue weighted by molar-refractivity contribution is 6.30. The number of fused-ring (bicyclic) bond motifs is 1. The summed E-state index contributed by atoms with van der Waals surface area (Å²) in [6, 6.07) is 15.2. The molecule has 3 rings (SSSR count). The molecule has 0 radical (unpaired) electrons. The van der Waals surface area contributed by atoms with Crippen molar-refractivity contribution in [3.05, 3.63) is 70.9 Å². The van der Waals surface area contributed by atoms with Gasteiger partial charge in [-0.15, -0.1) is 0 Å². The topological polar surface area (TPSA) is 65.5 Å². The molecule has 0 aliphatic heterocycles. The Morgan fingerprint density at radius 2 is 1.77 bits per heavy atom. The van der Waals surface area contributed by atoms with Gasteiger partial charge in [0.25, 0.3) is 0 Å². The number of benzene rings is 2. The number of para-hydroxylation sites is 1. The van der Waals surface area contributed by atoms with Gasteiger partial charge in [0.1, 0.15) is 10.9 Å². The molecule has 1 aromatic heterocycles. The average molecular weight is 370 g/mol. The molecule has 0 amide bonds. The van der Waals surface area contributed by atoms with Gasteiger partial charge in [0.15, 0.2) is 6.10 Å². The van der Waals surface area contributed by atoms with Gasteiger partial charge in [0.2, 0.25) is 5.78 Å². The first-order valence-corrected chi connectivity index (χ1v) is 8.32. The molecule has 6 heteroatoms. The first kappa shape index (κ1) is 17.9. The summed E-state index contributed by atoms with van der Waals surface area (Å²) < 4.78 is 10.4. The Kier molecular flexibility index (Phi) is 5.19. The van der Waals surface area contributed by atoms with Crippen molar-refractivity contribution >= 4 is 34.3 Å². The summed E-state index contributed by atoms with van der Waals surface area (Å²) in [7, 11) is 1.55. The maximum atomic E-state index is 12.6. The molecule has 0 fully saturated rings. The Bertz CT molecular complexity index is 969. The molecule has 132 valence electrons. The van der Waals surface area contributed by atoms with E-state index in [1.165, 1.54) is 13.0 Å². The number of aromatic nitrogens is 1. The van der Waals surface area contributed by atoms with Crippen LogP contribution < -0.4 is 4.74 Å². The number of nitrogens with zero attached hydrogens (tertiary/aromatic N) is 1. The van der Waals surface area contributed by atoms with E-state index in [-0.39, 0.29) is 16.5 Å². The van der Waals surface area contributed by atoms with E-state index in [0.29, 0.717) is 22.2 Å². The monoisotopic (exact) mass is 369 g/mol. The quantitative estimate of drug-likeness (QED) is 0.380. The zero-order valence-electron chi connectivity index (χ0n) is 14.2. The van der Waals surface area contributed by atoms with Gasteiger partial charge in [-0.2, -0.15) is 0 Å². The Morgan fingerprint density at radius 1 is 1.08 bits per heavy atom. The lowest BCUT2D eigenvalue weighted by Crippen LogP contribution is -2.24. The highest BCUT2D eigenvalue weighted by Crippen LogP contribution is 2.22. The normalized spacial score (nSPS) is 11.8. The molecule has 5 nitrogen and oxygen atoms in total. The molecular formula is C20H16ClNO4. The molecule has 0 unspecified atom stereocenters. The van der Waals surface area contributed by atoms with Crippen molar-refractivity contribution in [2.75, 3.05) is 7.11 Å². The third kappa shape index (κ3) is 3.68. The van der Waals surface area contributed by atoms with Crippen LogP contribution in [0.25, 0.3) is 10.9 Å². The molecule has 0 N–H and O–H groups in total. The van der Waals surface area contributed by atoms with Gasteiger partial charge >= 0.3 is 5.97 Å². The van der Waals surface area contributed by atoms with Crippen LogP contribution in [0.15, 0.2) is 54.6 Å². The van der Waals surface area contributed by atoms with Crippen LogP contribution in [0.2, 0.25) is 5.15 Å². The fraction of sp³-hybridized carbons (Fsp3) is 0.150. The number of esters is 1. The van der Waals surface area contributed by atoms with Crippen molar-refractivity contribution in [2.45, 2.75) is 13.0 Å². The second-order valence-corrected chi connectivity index (χ2v) is 6.04. The minimum absolute atomic E-state index is 0.185. The van der Waals surface area contributed by atoms with E-state index in [4.69, 9.17) is 21.1 Å². The highest BCUT2D eigenvalue weighted by atomic mass is 35.5. The van der Waals surface area contributed by atoms with Crippen molar-refractivity contribution in [1.82, 2.24) is 4.98 Å². The fourth-order valence-corrected chi connectivity index (χ4v) is 2.78. The van der Waals surface area contributed by atoms with E-state index in [1.54, 1.807) is 55.6 Å². The lowest BCUT2D eigenvalue weighted by molar-refractivity contribution is 0.0320. The van der Waals surface area contributed by atoms with Crippen LogP contribution in [0, 0.1) is 0 Å². The van der Waals surface area contributed by atoms with Gasteiger partial charge < -0.3 is 9.47 Å². The lowest BCUT2D eigenvalue weighted by Gasteiger charge is -2.14. The zero-order chi connectivity index (χ0) is 18.7. The molecule has 0 aliphatic rings. The minimum Gasteiger partial charge on any atom is -0.497 e. The Hall–Kier alpha value is -2.92. The van der Waals surface area contributed by atoms with Crippen molar-refractivity contribution in [3.8, 4) is 5.75 Å². The number of ketones is 1. The molecular weight excluding hydrogens is 354 g/mol. The summed E-state index contributed by atoms with van der Waals surface area (Å²) >= 11 is 5.99. The molecule has 2 aromatic carbocycles. The first-order chi connectivity index (χ1) is 12.5. The third-order valence-corrected chi connectivity index (χ3v) is 4.13. The van der Waals surface area contributed by atoms with Crippen LogP contribution in [0.5, 0.6) is 5.75 Å². The Morgan fingerprint density at radius 3 is 2.46 bits per heavy atom. The van der Waals surface area contributed by atoms with Gasteiger partial charge in [-0.3, -0.25) is 4.79 Å². The number of carbonyl (C=O) groups excluding carboxylic acids is 2. The van der Waals surface area contributed by atoms with Gasteiger partial charge in [0, 0.05) is 10.9 Å². The van der Waals surface area contributed by atoms with Crippen molar-refractivity contribution in [2.24, 2.45) is 0 Å². The lowest BCUT2D eigenvalue weighted by atomic mass is 10.1. The molecule has 26 heavy (non-hydrogen) atoms. The fourth-order valence-electron chi connectivity index (χ4n) is 2.58. The van der Waals surface area contributed by atoms with Gasteiger partial charge in [-0.25, -0.2) is 9.78 Å². The molecule has 0 spiro atoms. The summed E-state index contributed by atoms with van der Waals surface area (Å²) in [6.07, 6.45) is -0.943. The molecule has 0 aliphatic carbocycles. The predicted molar refractivity (Wildman–Crippen MR) is 99.0 cm³/mol. The second kappa shape index (κ2) is 7.54. The summed E-state index contributed by atoms with van der Waals surface area (Å²) in [5.74, 6) is -0.283. The summed E-state index contributed by atoms with van der Waals surface area (Å²) in [4.78, 5) is 29.2. The molecule has 0 saturated carbocycles. The maximum Gasteiger partial charge on any atom is 0.339 e.